The first-order chi connectivity index (χ1) is 9.79. The zero-order valence-corrected chi connectivity index (χ0v) is 13.4. The topological polar surface area (TPSA) is 57.6 Å². The molecular weight excluding hydrogens is 286 g/mol. The third-order valence-corrected chi connectivity index (χ3v) is 5.86. The van der Waals surface area contributed by atoms with Crippen molar-refractivity contribution in [2.75, 3.05) is 0 Å². The Morgan fingerprint density at radius 2 is 2.00 bits per heavy atom. The van der Waals surface area contributed by atoms with Gasteiger partial charge in [0.05, 0.1) is 12.0 Å². The third-order valence-electron chi connectivity index (χ3n) is 4.28. The Bertz CT molecular complexity index is 583. The molecule has 1 saturated carbocycles. The van der Waals surface area contributed by atoms with E-state index in [9.17, 15) is 14.7 Å². The number of carbonyl (C=O) groups is 2. The maximum absolute atomic E-state index is 12.2. The first-order valence-electron chi connectivity index (χ1n) is 7.43. The van der Waals surface area contributed by atoms with Crippen molar-refractivity contribution in [1.29, 1.82) is 0 Å². The van der Waals surface area contributed by atoms with Crippen LogP contribution in [0.25, 0.3) is 0 Å². The maximum Gasteiger partial charge on any atom is 0.309 e. The number of carboxylic acid groups (broad SMARTS) is 1. The molecule has 3 rings (SSSR count). The van der Waals surface area contributed by atoms with Gasteiger partial charge in [0, 0.05) is 22.2 Å². The van der Waals surface area contributed by atoms with Gasteiger partial charge in [-0.05, 0) is 30.4 Å². The molecule has 1 aliphatic carbocycles. The van der Waals surface area contributed by atoms with Gasteiger partial charge in [0.25, 0.3) is 0 Å². The van der Waals surface area contributed by atoms with Crippen molar-refractivity contribution >= 4 is 23.2 Å². The van der Waals surface area contributed by atoms with Crippen LogP contribution in [0.15, 0.2) is 12.1 Å². The molecule has 0 bridgehead atoms. The van der Waals surface area contributed by atoms with Crippen LogP contribution in [0.4, 0.5) is 0 Å². The molecule has 1 amide bonds. The number of likely N-dealkylation sites (tertiary alicyclic amines) is 1. The van der Waals surface area contributed by atoms with E-state index in [1.54, 1.807) is 11.3 Å². The summed E-state index contributed by atoms with van der Waals surface area (Å²) < 4.78 is 0. The standard InChI is InChI=1S/C16H21NO3S/c1-16(2,3)12-7-6-11(21-12)14-10(15(19)20)8-13(18)17(14)9-4-5-9/h6-7,9-10,14H,4-5,8H2,1-3H3,(H,19,20). The Labute approximate surface area is 128 Å². The molecule has 1 aromatic heterocycles. The number of carbonyl (C=O) groups excluding carboxylic acids is 1. The molecule has 2 heterocycles. The number of aliphatic carboxylic acids is 1. The Balaban J connectivity index is 1.97. The zero-order chi connectivity index (χ0) is 15.4. The quantitative estimate of drug-likeness (QED) is 0.933. The molecular formula is C16H21NO3S. The van der Waals surface area contributed by atoms with Crippen LogP contribution in [0.3, 0.4) is 0 Å². The SMILES string of the molecule is CC(C)(C)c1ccc(C2C(C(=O)O)CC(=O)N2C2CC2)s1. The lowest BCUT2D eigenvalue weighted by Crippen LogP contribution is -2.31. The number of amides is 1. The van der Waals surface area contributed by atoms with E-state index in [1.807, 2.05) is 11.0 Å². The van der Waals surface area contributed by atoms with E-state index >= 15 is 0 Å². The van der Waals surface area contributed by atoms with Crippen molar-refractivity contribution in [2.24, 2.45) is 5.92 Å². The monoisotopic (exact) mass is 307 g/mol. The molecule has 2 atom stereocenters. The number of rotatable bonds is 3. The summed E-state index contributed by atoms with van der Waals surface area (Å²) in [5.74, 6) is -1.47. The highest BCUT2D eigenvalue weighted by Crippen LogP contribution is 2.47. The summed E-state index contributed by atoms with van der Waals surface area (Å²) in [7, 11) is 0. The Hall–Kier alpha value is -1.36. The highest BCUT2D eigenvalue weighted by Gasteiger charge is 2.50. The van der Waals surface area contributed by atoms with Crippen LogP contribution in [0.1, 0.15) is 55.8 Å². The summed E-state index contributed by atoms with van der Waals surface area (Å²) in [6.07, 6.45) is 2.15. The molecule has 5 heteroatoms. The summed E-state index contributed by atoms with van der Waals surface area (Å²) in [6.45, 7) is 6.45. The van der Waals surface area contributed by atoms with Gasteiger partial charge in [-0.15, -0.1) is 11.3 Å². The minimum Gasteiger partial charge on any atom is -0.481 e. The van der Waals surface area contributed by atoms with Crippen molar-refractivity contribution < 1.29 is 14.7 Å². The third kappa shape index (κ3) is 2.59. The summed E-state index contributed by atoms with van der Waals surface area (Å²) in [5, 5.41) is 9.48. The Kier molecular flexibility index (Phi) is 3.35. The fourth-order valence-electron chi connectivity index (χ4n) is 3.01. The predicted molar refractivity (Wildman–Crippen MR) is 81.4 cm³/mol. The minimum absolute atomic E-state index is 0.000564. The molecule has 4 nitrogen and oxygen atoms in total. The highest BCUT2D eigenvalue weighted by atomic mass is 32.1. The zero-order valence-electron chi connectivity index (χ0n) is 12.6. The second-order valence-corrected chi connectivity index (χ2v) is 8.19. The summed E-state index contributed by atoms with van der Waals surface area (Å²) in [4.78, 5) is 27.9. The van der Waals surface area contributed by atoms with Gasteiger partial charge in [0.2, 0.25) is 5.91 Å². The Morgan fingerprint density at radius 3 is 2.48 bits per heavy atom. The lowest BCUT2D eigenvalue weighted by atomic mass is 9.94. The van der Waals surface area contributed by atoms with E-state index in [2.05, 4.69) is 26.8 Å². The van der Waals surface area contributed by atoms with E-state index < -0.39 is 11.9 Å². The lowest BCUT2D eigenvalue weighted by Gasteiger charge is -2.26. The second kappa shape index (κ2) is 4.83. The van der Waals surface area contributed by atoms with Gasteiger partial charge in [-0.25, -0.2) is 0 Å². The molecule has 0 aromatic carbocycles. The highest BCUT2D eigenvalue weighted by molar-refractivity contribution is 7.12. The fourth-order valence-corrected chi connectivity index (χ4v) is 4.24. The summed E-state index contributed by atoms with van der Waals surface area (Å²) >= 11 is 1.65. The molecule has 1 saturated heterocycles. The predicted octanol–water partition coefficient (Wildman–Crippen LogP) is 3.18. The average Bonchev–Trinajstić information content (AvgIpc) is 2.96. The molecule has 2 aliphatic rings. The van der Waals surface area contributed by atoms with Crippen molar-refractivity contribution in [3.8, 4) is 0 Å². The van der Waals surface area contributed by atoms with E-state index in [4.69, 9.17) is 0 Å². The molecule has 1 aliphatic heterocycles. The molecule has 21 heavy (non-hydrogen) atoms. The van der Waals surface area contributed by atoms with Crippen LogP contribution < -0.4 is 0 Å². The van der Waals surface area contributed by atoms with Crippen LogP contribution in [0, 0.1) is 5.92 Å². The van der Waals surface area contributed by atoms with Gasteiger partial charge in [-0.2, -0.15) is 0 Å². The van der Waals surface area contributed by atoms with Crippen LogP contribution >= 0.6 is 11.3 Å². The van der Waals surface area contributed by atoms with E-state index in [-0.39, 0.29) is 29.8 Å². The van der Waals surface area contributed by atoms with Crippen molar-refractivity contribution in [2.45, 2.75) is 57.5 Å². The molecule has 1 N–H and O–H groups in total. The molecule has 1 aromatic rings. The largest absolute Gasteiger partial charge is 0.481 e. The van der Waals surface area contributed by atoms with Gasteiger partial charge < -0.3 is 10.0 Å². The van der Waals surface area contributed by atoms with E-state index in [0.29, 0.717) is 0 Å². The Morgan fingerprint density at radius 1 is 1.33 bits per heavy atom. The van der Waals surface area contributed by atoms with Gasteiger partial charge in [-0.3, -0.25) is 9.59 Å². The minimum atomic E-state index is -0.859. The first-order valence-corrected chi connectivity index (χ1v) is 8.25. The van der Waals surface area contributed by atoms with Crippen LogP contribution in [0.5, 0.6) is 0 Å². The number of nitrogens with zero attached hydrogens (tertiary/aromatic N) is 1. The normalized spacial score (nSPS) is 26.4. The van der Waals surface area contributed by atoms with Crippen LogP contribution in [0.2, 0.25) is 0 Å². The number of hydrogen-bond donors (Lipinski definition) is 1. The second-order valence-electron chi connectivity index (χ2n) is 7.08. The number of thiophene rings is 1. The summed E-state index contributed by atoms with van der Waals surface area (Å²) in [5.41, 5.74) is 0.0503. The molecule has 114 valence electrons. The van der Waals surface area contributed by atoms with Gasteiger partial charge in [-0.1, -0.05) is 20.8 Å². The van der Waals surface area contributed by atoms with Crippen LogP contribution in [-0.4, -0.2) is 27.9 Å². The fraction of sp³-hybridized carbons (Fsp3) is 0.625. The van der Waals surface area contributed by atoms with Gasteiger partial charge >= 0.3 is 5.97 Å². The molecule has 2 fully saturated rings. The number of hydrogen-bond acceptors (Lipinski definition) is 3. The van der Waals surface area contributed by atoms with Crippen molar-refractivity contribution in [3.63, 3.8) is 0 Å². The van der Waals surface area contributed by atoms with Crippen LogP contribution in [-0.2, 0) is 15.0 Å². The lowest BCUT2D eigenvalue weighted by molar-refractivity contribution is -0.142. The molecule has 0 spiro atoms. The van der Waals surface area contributed by atoms with E-state index in [0.717, 1.165) is 17.7 Å². The van der Waals surface area contributed by atoms with Gasteiger partial charge in [0.1, 0.15) is 0 Å². The smallest absolute Gasteiger partial charge is 0.309 e. The average molecular weight is 307 g/mol. The molecule has 2 unspecified atom stereocenters. The maximum atomic E-state index is 12.2. The van der Waals surface area contributed by atoms with Crippen molar-refractivity contribution in [1.82, 2.24) is 4.90 Å². The van der Waals surface area contributed by atoms with Crippen molar-refractivity contribution in [3.05, 3.63) is 21.9 Å². The molecule has 0 radical (unpaired) electrons. The van der Waals surface area contributed by atoms with Gasteiger partial charge in [0.15, 0.2) is 0 Å². The first kappa shape index (κ1) is 14.6. The summed E-state index contributed by atoms with van der Waals surface area (Å²) in [6, 6.07) is 4.07. The van der Waals surface area contributed by atoms with E-state index in [1.165, 1.54) is 4.88 Å². The number of carboxylic acids is 1.